The minimum absolute atomic E-state index is 0.241. The van der Waals surface area contributed by atoms with Crippen LogP contribution in [0.3, 0.4) is 0 Å². The van der Waals surface area contributed by atoms with Crippen LogP contribution in [-0.4, -0.2) is 48.6 Å². The smallest absolute Gasteiger partial charge is 0.271 e. The largest absolute Gasteiger partial charge is 0.276 e. The molecule has 0 aromatic heterocycles. The Hall–Kier alpha value is 0.440. The topological polar surface area (TPSA) is 307 Å². The van der Waals surface area contributed by atoms with Gasteiger partial charge in [-0.25, -0.2) is 19.5 Å². The average molecular weight is 514 g/mol. The van der Waals surface area contributed by atoms with Gasteiger partial charge in [0.1, 0.15) is 0 Å². The molecule has 0 atom stereocenters. The van der Waals surface area contributed by atoms with Crippen molar-refractivity contribution in [1.82, 2.24) is 19.5 Å². The lowest BCUT2D eigenvalue weighted by atomic mass is 10.3. The summed E-state index contributed by atoms with van der Waals surface area (Å²) in [6.07, 6.45) is 1.88. The Morgan fingerprint density at radius 1 is 0.500 bits per heavy atom. The summed E-state index contributed by atoms with van der Waals surface area (Å²) in [6.45, 7) is 1.65. The van der Waals surface area contributed by atoms with Crippen LogP contribution >= 0.6 is 30.4 Å². The lowest BCUT2D eigenvalue weighted by Gasteiger charge is -2.27. The highest BCUT2D eigenvalue weighted by Gasteiger charge is 2.23. The molecule has 0 aromatic rings. The summed E-state index contributed by atoms with van der Waals surface area (Å²) in [5, 5.41) is 4.94. The van der Waals surface area contributed by atoms with Gasteiger partial charge in [0.05, 0.1) is 0 Å². The van der Waals surface area contributed by atoms with Crippen molar-refractivity contribution in [2.75, 3.05) is 39.3 Å². The maximum Gasteiger partial charge on any atom is 0.276 e. The van der Waals surface area contributed by atoms with E-state index < -0.39 is 30.4 Å². The van der Waals surface area contributed by atoms with Gasteiger partial charge in [0, 0.05) is 39.3 Å². The minimum Gasteiger partial charge on any atom is -0.271 e. The summed E-state index contributed by atoms with van der Waals surface area (Å²) < 4.78 is 49.4. The third-order valence-corrected chi connectivity index (χ3v) is 7.87. The van der Waals surface area contributed by atoms with Gasteiger partial charge < -0.3 is 0 Å². The Labute approximate surface area is 177 Å². The van der Waals surface area contributed by atoms with E-state index in [1.807, 2.05) is 0 Å². The molecule has 0 aliphatic rings. The van der Waals surface area contributed by atoms with E-state index in [9.17, 15) is 18.3 Å². The number of nitrogens with zero attached hydrogens (tertiary/aromatic N) is 2. The third-order valence-electron chi connectivity index (χ3n) is 3.87. The number of hydrogen-bond acceptors (Lipinski definition) is 4. The standard InChI is InChI=1S/C10H38N12O4P4/c11-27(12,23)19-5-3-9-21(29(15,16)25)7-1-2-8-22(30(17,18)26)10-4-6-20-28(13,14)24/h1-10H2,(H4,15,16,25)(H4,17,18,26)(H5,11,12,19,23)(H5,13,14,20,24). The minimum atomic E-state index is -3.49. The number of nitrogens with one attached hydrogen (secondary N) is 2. The van der Waals surface area contributed by atoms with Crippen LogP contribution in [0.15, 0.2) is 0 Å². The maximum atomic E-state index is 12.1. The zero-order valence-corrected chi connectivity index (χ0v) is 20.6. The second-order valence-corrected chi connectivity index (χ2v) is 14.2. The molecule has 30 heavy (non-hydrogen) atoms. The molecular formula is C10H38N12O4P4. The van der Waals surface area contributed by atoms with E-state index in [0.29, 0.717) is 38.8 Å². The molecule has 0 heterocycles. The zero-order chi connectivity index (χ0) is 23.6. The molecule has 0 aromatic carbocycles. The Morgan fingerprint density at radius 3 is 1.00 bits per heavy atom. The Balaban J connectivity index is 4.47. The molecule has 182 valence electrons. The fourth-order valence-electron chi connectivity index (χ4n) is 2.47. The molecule has 0 rings (SSSR count). The van der Waals surface area contributed by atoms with Gasteiger partial charge in [-0.3, -0.25) is 62.3 Å². The first-order chi connectivity index (χ1) is 13.4. The van der Waals surface area contributed by atoms with Crippen LogP contribution in [0.1, 0.15) is 25.7 Å². The van der Waals surface area contributed by atoms with Crippen LogP contribution in [-0.2, 0) is 18.3 Å². The van der Waals surface area contributed by atoms with Crippen molar-refractivity contribution < 1.29 is 18.3 Å². The van der Waals surface area contributed by atoms with Crippen LogP contribution in [0, 0.1) is 0 Å². The predicted octanol–water partition coefficient (Wildman–Crippen LogP) is -1.57. The van der Waals surface area contributed by atoms with Gasteiger partial charge in [-0.1, -0.05) is 0 Å². The molecule has 0 saturated heterocycles. The summed E-state index contributed by atoms with van der Waals surface area (Å²) in [5.41, 5.74) is 43.0. The summed E-state index contributed by atoms with van der Waals surface area (Å²) in [7, 11) is -13.6. The lowest BCUT2D eigenvalue weighted by Crippen LogP contribution is -2.34. The van der Waals surface area contributed by atoms with Gasteiger partial charge in [0.15, 0.2) is 0 Å². The molecular weight excluding hydrogens is 476 g/mol. The van der Waals surface area contributed by atoms with E-state index in [2.05, 4.69) is 10.2 Å². The van der Waals surface area contributed by atoms with E-state index >= 15 is 0 Å². The molecule has 0 amide bonds. The summed E-state index contributed by atoms with van der Waals surface area (Å²) in [5.74, 6) is 0. The molecule has 0 fully saturated rings. The molecule has 0 radical (unpaired) electrons. The Kier molecular flexibility index (Phi) is 13.4. The van der Waals surface area contributed by atoms with Crippen LogP contribution in [0.5, 0.6) is 0 Å². The molecule has 0 bridgehead atoms. The van der Waals surface area contributed by atoms with E-state index in [1.165, 1.54) is 9.34 Å². The maximum absolute atomic E-state index is 12.1. The first-order valence-corrected chi connectivity index (χ1v) is 16.4. The average Bonchev–Trinajstić information content (AvgIpc) is 2.50. The highest BCUT2D eigenvalue weighted by atomic mass is 31.2. The highest BCUT2D eigenvalue weighted by molar-refractivity contribution is 7.57. The third kappa shape index (κ3) is 17.0. The van der Waals surface area contributed by atoms with Gasteiger partial charge >= 0.3 is 0 Å². The fourth-order valence-corrected chi connectivity index (χ4v) is 5.30. The lowest BCUT2D eigenvalue weighted by molar-refractivity contribution is 0.361. The summed E-state index contributed by atoms with van der Waals surface area (Å²) in [6, 6.07) is 0. The van der Waals surface area contributed by atoms with Crippen LogP contribution in [0.25, 0.3) is 0 Å². The second kappa shape index (κ2) is 13.2. The zero-order valence-electron chi connectivity index (χ0n) is 17.0. The molecule has 0 spiro atoms. The number of hydrogen-bond donors (Lipinski definition) is 10. The van der Waals surface area contributed by atoms with E-state index in [0.717, 1.165) is 0 Å². The number of unbranched alkanes of at least 4 members (excludes halogenated alkanes) is 1. The van der Waals surface area contributed by atoms with Crippen molar-refractivity contribution in [3.05, 3.63) is 0 Å². The quantitative estimate of drug-likeness (QED) is 0.0774. The van der Waals surface area contributed by atoms with Gasteiger partial charge in [-0.2, -0.15) is 0 Å². The molecule has 16 nitrogen and oxygen atoms in total. The molecule has 20 heteroatoms. The van der Waals surface area contributed by atoms with Crippen molar-refractivity contribution in [1.29, 1.82) is 0 Å². The number of nitrogens with two attached hydrogens (primary N) is 8. The van der Waals surface area contributed by atoms with Gasteiger partial charge in [-0.15, -0.1) is 0 Å². The fraction of sp³-hybridized carbons (Fsp3) is 1.00. The summed E-state index contributed by atoms with van der Waals surface area (Å²) >= 11 is 0. The first-order valence-electron chi connectivity index (χ1n) is 9.12. The number of rotatable bonds is 17. The molecule has 0 aliphatic heterocycles. The van der Waals surface area contributed by atoms with Gasteiger partial charge in [0.25, 0.3) is 30.4 Å². The summed E-state index contributed by atoms with van der Waals surface area (Å²) in [4.78, 5) is 0. The second-order valence-electron chi connectivity index (χ2n) is 6.90. The molecule has 0 saturated carbocycles. The molecule has 0 aliphatic carbocycles. The van der Waals surface area contributed by atoms with Crippen molar-refractivity contribution >= 4 is 30.4 Å². The molecule has 0 unspecified atom stereocenters. The van der Waals surface area contributed by atoms with E-state index in [4.69, 9.17) is 44.0 Å². The van der Waals surface area contributed by atoms with Gasteiger partial charge in [-0.05, 0) is 25.7 Å². The normalized spacial score (nSPS) is 14.1. The predicted molar refractivity (Wildman–Crippen MR) is 122 cm³/mol. The van der Waals surface area contributed by atoms with Crippen LogP contribution in [0.2, 0.25) is 0 Å². The van der Waals surface area contributed by atoms with Crippen LogP contribution in [0.4, 0.5) is 0 Å². The SMILES string of the molecule is NP(N)(=O)NCCCN(CCCCN(CCCNP(N)(N)=O)P(N)(N)=O)P(N)(N)=O. The highest BCUT2D eigenvalue weighted by Crippen LogP contribution is 2.34. The molecule has 18 N–H and O–H groups in total. The van der Waals surface area contributed by atoms with Gasteiger partial charge in [0.2, 0.25) is 0 Å². The Morgan fingerprint density at radius 2 is 0.767 bits per heavy atom. The van der Waals surface area contributed by atoms with Crippen molar-refractivity contribution in [2.45, 2.75) is 25.7 Å². The monoisotopic (exact) mass is 514 g/mol. The van der Waals surface area contributed by atoms with Crippen molar-refractivity contribution in [3.63, 3.8) is 0 Å². The van der Waals surface area contributed by atoms with E-state index in [-0.39, 0.29) is 26.2 Å². The first kappa shape index (κ1) is 30.4. The van der Waals surface area contributed by atoms with Crippen molar-refractivity contribution in [2.24, 2.45) is 44.0 Å². The Bertz CT molecular complexity index is 628. The van der Waals surface area contributed by atoms with Crippen LogP contribution < -0.4 is 54.2 Å². The van der Waals surface area contributed by atoms with Crippen molar-refractivity contribution in [3.8, 4) is 0 Å². The van der Waals surface area contributed by atoms with E-state index in [1.54, 1.807) is 0 Å².